The van der Waals surface area contributed by atoms with E-state index in [1.165, 1.54) is 0 Å². The summed E-state index contributed by atoms with van der Waals surface area (Å²) < 4.78 is 46.9. The van der Waals surface area contributed by atoms with Crippen molar-refractivity contribution in [2.45, 2.75) is 65.2 Å². The third-order valence-electron chi connectivity index (χ3n) is 8.65. The van der Waals surface area contributed by atoms with Gasteiger partial charge in [-0.1, -0.05) is 50.0 Å². The van der Waals surface area contributed by atoms with Crippen LogP contribution in [0.1, 0.15) is 62.4 Å². The van der Waals surface area contributed by atoms with Crippen molar-refractivity contribution in [1.29, 1.82) is 0 Å². The maximum absolute atomic E-state index is 13.7. The lowest BCUT2D eigenvalue weighted by molar-refractivity contribution is -0.182. The Hall–Kier alpha value is -3.22. The van der Waals surface area contributed by atoms with Gasteiger partial charge in [0.1, 0.15) is 0 Å². The highest BCUT2D eigenvalue weighted by Crippen LogP contribution is 2.39. The average molecular weight is 684 g/mol. The van der Waals surface area contributed by atoms with Crippen molar-refractivity contribution in [3.05, 3.63) is 45.4 Å². The minimum atomic E-state index is -4.22. The van der Waals surface area contributed by atoms with Gasteiger partial charge in [-0.05, 0) is 49.4 Å². The highest BCUT2D eigenvalue weighted by molar-refractivity contribution is 6.39. The fourth-order valence-electron chi connectivity index (χ4n) is 5.81. The predicted molar refractivity (Wildman–Crippen MR) is 174 cm³/mol. The SMILES string of the molecule is Cn1c(Nc2c(Cl)ccc(CNC(=O)C(C)(C)C)c2Cl)nc2cc(C(=O)N[C@H]3CC[C@H](C(F)(F)F)CC3)c(N3CCOCC3)cc21. The topological polar surface area (TPSA) is 101 Å². The number of ether oxygens (including phenoxy) is 1. The number of hydrogen-bond donors (Lipinski definition) is 3. The van der Waals surface area contributed by atoms with Crippen molar-refractivity contribution in [1.82, 2.24) is 20.2 Å². The number of carbonyl (C=O) groups excluding carboxylic acids is 2. The number of fused-ring (bicyclic) bond motifs is 1. The first-order valence-electron chi connectivity index (χ1n) is 15.4. The number of nitrogens with zero attached hydrogens (tertiary/aromatic N) is 3. The van der Waals surface area contributed by atoms with Crippen LogP contribution in [0.25, 0.3) is 11.0 Å². The van der Waals surface area contributed by atoms with Crippen LogP contribution in [0.4, 0.5) is 30.5 Å². The van der Waals surface area contributed by atoms with Gasteiger partial charge in [-0.2, -0.15) is 13.2 Å². The molecule has 2 fully saturated rings. The number of aryl methyl sites for hydroxylation is 1. The highest BCUT2D eigenvalue weighted by atomic mass is 35.5. The second-order valence-electron chi connectivity index (χ2n) is 13.0. The number of carbonyl (C=O) groups is 2. The molecule has 0 bridgehead atoms. The van der Waals surface area contributed by atoms with E-state index in [2.05, 4.69) is 20.9 Å². The Labute approximate surface area is 276 Å². The Bertz CT molecular complexity index is 1610. The van der Waals surface area contributed by atoms with E-state index in [4.69, 9.17) is 32.9 Å². The molecular weight excluding hydrogens is 644 g/mol. The van der Waals surface area contributed by atoms with E-state index >= 15 is 0 Å². The number of alkyl halides is 3. The molecular formula is C32H39Cl2F3N6O3. The Kier molecular flexibility index (Phi) is 10.0. The van der Waals surface area contributed by atoms with Gasteiger partial charge >= 0.3 is 6.18 Å². The zero-order valence-corrected chi connectivity index (χ0v) is 27.8. The molecule has 9 nitrogen and oxygen atoms in total. The summed E-state index contributed by atoms with van der Waals surface area (Å²) in [4.78, 5) is 32.9. The normalized spacial score (nSPS) is 19.3. The number of halogens is 5. The predicted octanol–water partition coefficient (Wildman–Crippen LogP) is 6.97. The molecule has 1 saturated carbocycles. The molecule has 2 aromatic carbocycles. The van der Waals surface area contributed by atoms with Gasteiger partial charge in [0.2, 0.25) is 11.9 Å². The van der Waals surface area contributed by atoms with Gasteiger partial charge in [-0.25, -0.2) is 4.98 Å². The van der Waals surface area contributed by atoms with Crippen molar-refractivity contribution in [2.24, 2.45) is 18.4 Å². The number of hydrogen-bond acceptors (Lipinski definition) is 6. The number of rotatable bonds is 7. The van der Waals surface area contributed by atoms with Gasteiger partial charge in [0.15, 0.2) is 0 Å². The van der Waals surface area contributed by atoms with E-state index in [9.17, 15) is 22.8 Å². The van der Waals surface area contributed by atoms with Crippen molar-refractivity contribution in [2.75, 3.05) is 36.5 Å². The standard InChI is InChI=1S/C32H39Cl2F3N6O3/c1-31(2,3)29(45)38-17-18-5-10-22(33)27(26(18)34)41-30-40-23-15-21(24(16-25(23)42(30)4)43-11-13-46-14-12-43)28(44)39-20-8-6-19(7-9-20)32(35,36)37/h5,10,15-16,19-20H,6-9,11-14,17H2,1-4H3,(H,38,45)(H,39,44)(H,40,41)/t19-,20-. The maximum Gasteiger partial charge on any atom is 0.391 e. The number of anilines is 3. The first kappa shape index (κ1) is 34.1. The smallest absolute Gasteiger partial charge is 0.378 e. The van der Waals surface area contributed by atoms with E-state index in [1.54, 1.807) is 18.2 Å². The zero-order valence-electron chi connectivity index (χ0n) is 26.3. The van der Waals surface area contributed by atoms with Crippen molar-refractivity contribution in [3.63, 3.8) is 0 Å². The molecule has 2 aliphatic rings. The second-order valence-corrected chi connectivity index (χ2v) is 13.8. The number of benzene rings is 2. The highest BCUT2D eigenvalue weighted by Gasteiger charge is 2.41. The second kappa shape index (κ2) is 13.5. The summed E-state index contributed by atoms with van der Waals surface area (Å²) in [5, 5.41) is 9.81. The summed E-state index contributed by atoms with van der Waals surface area (Å²) in [5.74, 6) is -1.38. The third kappa shape index (κ3) is 7.50. The van der Waals surface area contributed by atoms with Crippen LogP contribution in [0.3, 0.4) is 0 Å². The van der Waals surface area contributed by atoms with Gasteiger partial charge in [0.25, 0.3) is 5.91 Å². The summed E-state index contributed by atoms with van der Waals surface area (Å²) in [6.45, 7) is 7.85. The van der Waals surface area contributed by atoms with Crippen LogP contribution in [0.2, 0.25) is 10.0 Å². The summed E-state index contributed by atoms with van der Waals surface area (Å²) in [7, 11) is 1.83. The lowest BCUT2D eigenvalue weighted by Gasteiger charge is -2.32. The molecule has 0 spiro atoms. The van der Waals surface area contributed by atoms with Gasteiger partial charge in [-0.3, -0.25) is 9.59 Å². The molecule has 0 atom stereocenters. The number of nitrogens with one attached hydrogen (secondary N) is 3. The number of aromatic nitrogens is 2. The van der Waals surface area contributed by atoms with Crippen LogP contribution in [-0.4, -0.2) is 59.9 Å². The van der Waals surface area contributed by atoms with Gasteiger partial charge in [-0.15, -0.1) is 0 Å². The molecule has 46 heavy (non-hydrogen) atoms. The number of imidazole rings is 1. The van der Waals surface area contributed by atoms with Crippen LogP contribution in [0, 0.1) is 11.3 Å². The van der Waals surface area contributed by atoms with E-state index in [1.807, 2.05) is 38.5 Å². The molecule has 0 radical (unpaired) electrons. The quantitative estimate of drug-likeness (QED) is 0.249. The summed E-state index contributed by atoms with van der Waals surface area (Å²) in [6, 6.07) is 6.71. The Morgan fingerprint density at radius 2 is 1.72 bits per heavy atom. The minimum absolute atomic E-state index is 0.00560. The summed E-state index contributed by atoms with van der Waals surface area (Å²) >= 11 is 13.3. The molecule has 5 rings (SSSR count). The van der Waals surface area contributed by atoms with E-state index in [0.717, 1.165) is 5.52 Å². The number of morpholine rings is 1. The Balaban J connectivity index is 1.43. The van der Waals surface area contributed by atoms with Crippen molar-refractivity contribution >= 4 is 63.4 Å². The Morgan fingerprint density at radius 3 is 2.35 bits per heavy atom. The molecule has 250 valence electrons. The lowest BCUT2D eigenvalue weighted by atomic mass is 9.85. The molecule has 1 aliphatic heterocycles. The fourth-order valence-corrected chi connectivity index (χ4v) is 6.35. The maximum atomic E-state index is 13.7. The monoisotopic (exact) mass is 682 g/mol. The van der Waals surface area contributed by atoms with Crippen molar-refractivity contribution in [3.8, 4) is 0 Å². The van der Waals surface area contributed by atoms with Crippen LogP contribution >= 0.6 is 23.2 Å². The van der Waals surface area contributed by atoms with E-state index in [0.29, 0.717) is 70.3 Å². The molecule has 1 aliphatic carbocycles. The first-order chi connectivity index (χ1) is 21.6. The Morgan fingerprint density at radius 1 is 1.04 bits per heavy atom. The average Bonchev–Trinajstić information content (AvgIpc) is 3.31. The molecule has 1 aromatic heterocycles. The zero-order chi connectivity index (χ0) is 33.4. The van der Waals surface area contributed by atoms with Crippen LogP contribution < -0.4 is 20.9 Å². The first-order valence-corrected chi connectivity index (χ1v) is 16.1. The largest absolute Gasteiger partial charge is 0.391 e. The number of amides is 2. The molecule has 1 saturated heterocycles. The van der Waals surface area contributed by atoms with E-state index < -0.39 is 17.5 Å². The van der Waals surface area contributed by atoms with E-state index in [-0.39, 0.29) is 50.1 Å². The fraction of sp³-hybridized carbons (Fsp3) is 0.531. The molecule has 0 unspecified atom stereocenters. The molecule has 2 heterocycles. The van der Waals surface area contributed by atoms with Crippen molar-refractivity contribution < 1.29 is 27.5 Å². The summed E-state index contributed by atoms with van der Waals surface area (Å²) in [5.41, 5.74) is 2.90. The minimum Gasteiger partial charge on any atom is -0.378 e. The summed E-state index contributed by atoms with van der Waals surface area (Å²) in [6.07, 6.45) is -3.69. The van der Waals surface area contributed by atoms with Crippen LogP contribution in [-0.2, 0) is 23.1 Å². The molecule has 2 amide bonds. The van der Waals surface area contributed by atoms with Gasteiger partial charge in [0.05, 0.1) is 57.1 Å². The molecule has 3 N–H and O–H groups in total. The van der Waals surface area contributed by atoms with Gasteiger partial charge in [0, 0.05) is 38.1 Å². The van der Waals surface area contributed by atoms with Gasteiger partial charge < -0.3 is 30.2 Å². The third-order valence-corrected chi connectivity index (χ3v) is 9.40. The molecule has 3 aromatic rings. The van der Waals surface area contributed by atoms with Crippen LogP contribution in [0.15, 0.2) is 24.3 Å². The van der Waals surface area contributed by atoms with Crippen LogP contribution in [0.5, 0.6) is 0 Å². The lowest BCUT2D eigenvalue weighted by Crippen LogP contribution is -2.41. The molecule has 14 heteroatoms.